The maximum atomic E-state index is 13.9. The van der Waals surface area contributed by atoms with Crippen LogP contribution in [0.25, 0.3) is 0 Å². The van der Waals surface area contributed by atoms with E-state index < -0.39 is 21.9 Å². The minimum Gasteiger partial charge on any atom is -0.480 e. The van der Waals surface area contributed by atoms with Crippen molar-refractivity contribution in [2.75, 3.05) is 26.2 Å². The van der Waals surface area contributed by atoms with Crippen LogP contribution in [0.4, 0.5) is 4.39 Å². The highest BCUT2D eigenvalue weighted by molar-refractivity contribution is 7.89. The molecule has 2 aliphatic rings. The Kier molecular flexibility index (Phi) is 4.61. The molecule has 0 unspecified atom stereocenters. The first-order valence-corrected chi connectivity index (χ1v) is 10.2. The summed E-state index contributed by atoms with van der Waals surface area (Å²) in [4.78, 5) is 14.0. The van der Waals surface area contributed by atoms with Gasteiger partial charge in [0.2, 0.25) is 10.0 Å². The number of piperazine rings is 1. The molecule has 2 aromatic carbocycles. The van der Waals surface area contributed by atoms with Gasteiger partial charge in [0.05, 0.1) is 0 Å². The standard InChI is InChI=1S/C19H19FN2O4S/c20-15-6-2-4-8-18(15)27(24,25)22-11-9-21(10-12-22)19(23)17-13-14-5-1-3-7-16(14)26-17/h1-8,17H,9-13H2/t17-/m1/s1. The molecular formula is C19H19FN2O4S. The highest BCUT2D eigenvalue weighted by atomic mass is 32.2. The smallest absolute Gasteiger partial charge is 0.264 e. The van der Waals surface area contributed by atoms with E-state index in [1.807, 2.05) is 24.3 Å². The Balaban J connectivity index is 1.41. The summed E-state index contributed by atoms with van der Waals surface area (Å²) >= 11 is 0. The number of ether oxygens (including phenoxy) is 1. The average molecular weight is 390 g/mol. The van der Waals surface area contributed by atoms with Gasteiger partial charge in [-0.05, 0) is 23.8 Å². The van der Waals surface area contributed by atoms with Crippen LogP contribution in [0.2, 0.25) is 0 Å². The normalized spacial score (nSPS) is 20.2. The van der Waals surface area contributed by atoms with Gasteiger partial charge in [0.25, 0.3) is 5.91 Å². The molecule has 2 aromatic rings. The summed E-state index contributed by atoms with van der Waals surface area (Å²) in [5.74, 6) is -0.195. The fourth-order valence-electron chi connectivity index (χ4n) is 3.47. The Morgan fingerprint density at radius 3 is 2.37 bits per heavy atom. The number of halogens is 1. The third-order valence-electron chi connectivity index (χ3n) is 4.93. The van der Waals surface area contributed by atoms with Crippen LogP contribution in [-0.4, -0.2) is 55.8 Å². The number of carbonyl (C=O) groups excluding carboxylic acids is 1. The number of hydrogen-bond acceptors (Lipinski definition) is 4. The van der Waals surface area contributed by atoms with E-state index in [4.69, 9.17) is 4.74 Å². The van der Waals surface area contributed by atoms with Crippen LogP contribution >= 0.6 is 0 Å². The van der Waals surface area contributed by atoms with Gasteiger partial charge in [-0.1, -0.05) is 30.3 Å². The molecule has 8 heteroatoms. The fraction of sp³-hybridized carbons (Fsp3) is 0.316. The lowest BCUT2D eigenvalue weighted by molar-refractivity contribution is -0.139. The van der Waals surface area contributed by atoms with E-state index in [-0.39, 0.29) is 37.0 Å². The van der Waals surface area contributed by atoms with E-state index in [9.17, 15) is 17.6 Å². The van der Waals surface area contributed by atoms with Gasteiger partial charge in [-0.3, -0.25) is 4.79 Å². The second-order valence-electron chi connectivity index (χ2n) is 6.58. The zero-order valence-corrected chi connectivity index (χ0v) is 15.4. The number of amides is 1. The number of benzene rings is 2. The molecule has 2 heterocycles. The predicted octanol–water partition coefficient (Wildman–Crippen LogP) is 1.66. The summed E-state index contributed by atoms with van der Waals surface area (Å²) in [5.41, 5.74) is 0.997. The number of fused-ring (bicyclic) bond motifs is 1. The third kappa shape index (κ3) is 3.30. The summed E-state index contributed by atoms with van der Waals surface area (Å²) < 4.78 is 46.1. The van der Waals surface area contributed by atoms with Crippen molar-refractivity contribution in [1.82, 2.24) is 9.21 Å². The summed E-state index contributed by atoms with van der Waals surface area (Å²) in [7, 11) is -3.92. The predicted molar refractivity (Wildman–Crippen MR) is 96.3 cm³/mol. The largest absolute Gasteiger partial charge is 0.480 e. The molecular weight excluding hydrogens is 371 g/mol. The number of carbonyl (C=O) groups is 1. The lowest BCUT2D eigenvalue weighted by Crippen LogP contribution is -2.53. The maximum absolute atomic E-state index is 13.9. The van der Waals surface area contributed by atoms with E-state index in [1.54, 1.807) is 4.90 Å². The van der Waals surface area contributed by atoms with Crippen molar-refractivity contribution >= 4 is 15.9 Å². The Hall–Kier alpha value is -2.45. The van der Waals surface area contributed by atoms with Crippen LogP contribution in [0, 0.1) is 5.82 Å². The number of rotatable bonds is 3. The van der Waals surface area contributed by atoms with Crippen LogP contribution in [-0.2, 0) is 21.2 Å². The molecule has 2 aliphatic heterocycles. The monoisotopic (exact) mass is 390 g/mol. The van der Waals surface area contributed by atoms with Gasteiger partial charge in [0, 0.05) is 32.6 Å². The molecule has 0 aromatic heterocycles. The fourth-order valence-corrected chi connectivity index (χ4v) is 4.95. The van der Waals surface area contributed by atoms with Gasteiger partial charge >= 0.3 is 0 Å². The maximum Gasteiger partial charge on any atom is 0.264 e. The Bertz CT molecular complexity index is 946. The van der Waals surface area contributed by atoms with Crippen LogP contribution in [0.3, 0.4) is 0 Å². The van der Waals surface area contributed by atoms with Crippen molar-refractivity contribution in [3.8, 4) is 5.75 Å². The van der Waals surface area contributed by atoms with Crippen molar-refractivity contribution < 1.29 is 22.3 Å². The third-order valence-corrected chi connectivity index (χ3v) is 6.86. The molecule has 0 saturated carbocycles. The van der Waals surface area contributed by atoms with E-state index in [1.165, 1.54) is 22.5 Å². The number of para-hydroxylation sites is 1. The van der Waals surface area contributed by atoms with Gasteiger partial charge in [-0.15, -0.1) is 0 Å². The lowest BCUT2D eigenvalue weighted by Gasteiger charge is -2.35. The summed E-state index contributed by atoms with van der Waals surface area (Å²) in [6, 6.07) is 12.9. The van der Waals surface area contributed by atoms with Gasteiger partial charge in [-0.25, -0.2) is 12.8 Å². The molecule has 1 saturated heterocycles. The van der Waals surface area contributed by atoms with Crippen LogP contribution in [0.5, 0.6) is 5.75 Å². The van der Waals surface area contributed by atoms with Gasteiger partial charge < -0.3 is 9.64 Å². The summed E-state index contributed by atoms with van der Waals surface area (Å²) in [6.07, 6.45) is -0.0555. The average Bonchev–Trinajstić information content (AvgIpc) is 3.12. The molecule has 27 heavy (non-hydrogen) atoms. The zero-order chi connectivity index (χ0) is 19.0. The van der Waals surface area contributed by atoms with Crippen molar-refractivity contribution in [2.45, 2.75) is 17.4 Å². The Morgan fingerprint density at radius 2 is 1.67 bits per heavy atom. The van der Waals surface area contributed by atoms with E-state index in [0.717, 1.165) is 17.4 Å². The molecule has 0 bridgehead atoms. The summed E-state index contributed by atoms with van der Waals surface area (Å²) in [5, 5.41) is 0. The first-order chi connectivity index (χ1) is 13.0. The molecule has 1 atom stereocenters. The number of sulfonamides is 1. The molecule has 6 nitrogen and oxygen atoms in total. The molecule has 1 amide bonds. The molecule has 142 valence electrons. The first kappa shape index (κ1) is 17.9. The second-order valence-corrected chi connectivity index (χ2v) is 8.48. The van der Waals surface area contributed by atoms with Crippen molar-refractivity contribution in [3.63, 3.8) is 0 Å². The second kappa shape index (κ2) is 6.94. The minimum absolute atomic E-state index is 0.127. The van der Waals surface area contributed by atoms with Gasteiger partial charge in [0.15, 0.2) is 6.10 Å². The first-order valence-electron chi connectivity index (χ1n) is 8.75. The van der Waals surface area contributed by atoms with Crippen molar-refractivity contribution in [2.24, 2.45) is 0 Å². The van der Waals surface area contributed by atoms with Crippen LogP contribution in [0.1, 0.15) is 5.56 Å². The van der Waals surface area contributed by atoms with Crippen LogP contribution in [0.15, 0.2) is 53.4 Å². The summed E-state index contributed by atoms with van der Waals surface area (Å²) in [6.45, 7) is 0.760. The topological polar surface area (TPSA) is 66.9 Å². The molecule has 0 spiro atoms. The van der Waals surface area contributed by atoms with Crippen molar-refractivity contribution in [3.05, 3.63) is 59.9 Å². The van der Waals surface area contributed by atoms with E-state index in [0.29, 0.717) is 6.42 Å². The minimum atomic E-state index is -3.92. The number of hydrogen-bond donors (Lipinski definition) is 0. The lowest BCUT2D eigenvalue weighted by atomic mass is 10.1. The molecule has 1 fully saturated rings. The van der Waals surface area contributed by atoms with Gasteiger partial charge in [0.1, 0.15) is 16.5 Å². The van der Waals surface area contributed by atoms with E-state index >= 15 is 0 Å². The zero-order valence-electron chi connectivity index (χ0n) is 14.5. The number of nitrogens with zero attached hydrogens (tertiary/aromatic N) is 2. The molecule has 0 N–H and O–H groups in total. The van der Waals surface area contributed by atoms with Crippen molar-refractivity contribution in [1.29, 1.82) is 0 Å². The highest BCUT2D eigenvalue weighted by Crippen LogP contribution is 2.29. The quantitative estimate of drug-likeness (QED) is 0.800. The molecule has 4 rings (SSSR count). The Morgan fingerprint density at radius 1 is 1.00 bits per heavy atom. The molecule has 0 radical (unpaired) electrons. The van der Waals surface area contributed by atoms with Gasteiger partial charge in [-0.2, -0.15) is 4.31 Å². The van der Waals surface area contributed by atoms with E-state index in [2.05, 4.69) is 0 Å². The SMILES string of the molecule is O=C([C@H]1Cc2ccccc2O1)N1CCN(S(=O)(=O)c2ccccc2F)CC1. The van der Waals surface area contributed by atoms with Crippen LogP contribution < -0.4 is 4.74 Å². The Labute approximate surface area is 157 Å². The molecule has 0 aliphatic carbocycles. The highest BCUT2D eigenvalue weighted by Gasteiger charge is 2.36.